The minimum Gasteiger partial charge on any atom is -0.459 e. The largest absolute Gasteiger partial charge is 0.459 e. The van der Waals surface area contributed by atoms with Crippen molar-refractivity contribution in [2.24, 2.45) is 0 Å². The SMILES string of the molecule is CC1(OC(=O)CC(O)(CC(=O)OC2(C)CCCCC2)C(=O)OC2(C)CCCCC2)CCCCC1. The average Bonchev–Trinajstić information content (AvgIpc) is 2.73. The lowest BCUT2D eigenvalue weighted by Gasteiger charge is -2.38. The molecule has 0 radical (unpaired) electrons. The van der Waals surface area contributed by atoms with Crippen molar-refractivity contribution >= 4 is 17.9 Å². The first-order valence-corrected chi connectivity index (χ1v) is 13.3. The van der Waals surface area contributed by atoms with Crippen molar-refractivity contribution in [2.75, 3.05) is 0 Å². The maximum Gasteiger partial charge on any atom is 0.339 e. The maximum absolute atomic E-state index is 13.3. The molecule has 0 bridgehead atoms. The molecule has 0 saturated heterocycles. The minimum absolute atomic E-state index is 0.606. The highest BCUT2D eigenvalue weighted by molar-refractivity contribution is 5.90. The van der Waals surface area contributed by atoms with Crippen LogP contribution in [0.3, 0.4) is 0 Å². The maximum atomic E-state index is 13.3. The summed E-state index contributed by atoms with van der Waals surface area (Å²) in [6.45, 7) is 5.64. The Morgan fingerprint density at radius 2 is 0.882 bits per heavy atom. The molecule has 34 heavy (non-hydrogen) atoms. The highest BCUT2D eigenvalue weighted by atomic mass is 16.6. The minimum atomic E-state index is -2.31. The van der Waals surface area contributed by atoms with Gasteiger partial charge < -0.3 is 19.3 Å². The predicted molar refractivity (Wildman–Crippen MR) is 127 cm³/mol. The topological polar surface area (TPSA) is 99.1 Å². The number of carbonyl (C=O) groups is 3. The Bertz CT molecular complexity index is 685. The van der Waals surface area contributed by atoms with Gasteiger partial charge in [0.2, 0.25) is 0 Å². The molecule has 0 aliphatic heterocycles. The first-order valence-electron chi connectivity index (χ1n) is 13.3. The fourth-order valence-corrected chi connectivity index (χ4v) is 5.83. The van der Waals surface area contributed by atoms with Gasteiger partial charge in [0, 0.05) is 0 Å². The quantitative estimate of drug-likeness (QED) is 0.372. The van der Waals surface area contributed by atoms with Gasteiger partial charge in [-0.2, -0.15) is 0 Å². The molecule has 0 heterocycles. The molecule has 3 aliphatic rings. The molecule has 0 unspecified atom stereocenters. The van der Waals surface area contributed by atoms with Crippen LogP contribution in [0.1, 0.15) is 130 Å². The van der Waals surface area contributed by atoms with Gasteiger partial charge in [-0.1, -0.05) is 19.3 Å². The van der Waals surface area contributed by atoms with Crippen LogP contribution in [0, 0.1) is 0 Å². The van der Waals surface area contributed by atoms with Gasteiger partial charge in [-0.25, -0.2) is 4.79 Å². The molecule has 3 fully saturated rings. The van der Waals surface area contributed by atoms with Crippen molar-refractivity contribution in [2.45, 2.75) is 152 Å². The van der Waals surface area contributed by atoms with Crippen molar-refractivity contribution in [3.63, 3.8) is 0 Å². The molecule has 194 valence electrons. The van der Waals surface area contributed by atoms with Gasteiger partial charge in [0.1, 0.15) is 16.8 Å². The van der Waals surface area contributed by atoms with Crippen LogP contribution >= 0.6 is 0 Å². The summed E-state index contributed by atoms with van der Waals surface area (Å²) in [5.41, 5.74) is -4.23. The second-order valence-corrected chi connectivity index (χ2v) is 11.8. The zero-order valence-corrected chi connectivity index (χ0v) is 21.4. The third-order valence-corrected chi connectivity index (χ3v) is 8.05. The molecule has 0 aromatic rings. The van der Waals surface area contributed by atoms with Gasteiger partial charge in [-0.05, 0) is 97.8 Å². The van der Waals surface area contributed by atoms with E-state index >= 15 is 0 Å². The Kier molecular flexibility index (Phi) is 8.70. The van der Waals surface area contributed by atoms with E-state index in [0.717, 1.165) is 83.5 Å². The van der Waals surface area contributed by atoms with Crippen LogP contribution in [0.4, 0.5) is 0 Å². The molecule has 3 saturated carbocycles. The van der Waals surface area contributed by atoms with Gasteiger partial charge in [0.25, 0.3) is 0 Å². The Morgan fingerprint density at radius 1 is 0.588 bits per heavy atom. The van der Waals surface area contributed by atoms with Crippen LogP contribution in [0.25, 0.3) is 0 Å². The second-order valence-electron chi connectivity index (χ2n) is 11.8. The van der Waals surface area contributed by atoms with Gasteiger partial charge in [0.15, 0.2) is 5.60 Å². The van der Waals surface area contributed by atoms with Crippen LogP contribution < -0.4 is 0 Å². The molecule has 0 spiro atoms. The molecule has 1 N–H and O–H groups in total. The van der Waals surface area contributed by atoms with E-state index in [1.807, 2.05) is 20.8 Å². The third kappa shape index (κ3) is 7.43. The Balaban J connectivity index is 1.71. The van der Waals surface area contributed by atoms with Gasteiger partial charge in [-0.3, -0.25) is 9.59 Å². The van der Waals surface area contributed by atoms with Gasteiger partial charge in [-0.15, -0.1) is 0 Å². The normalized spacial score (nSPS) is 24.0. The summed E-state index contributed by atoms with van der Waals surface area (Å²) in [5, 5.41) is 11.4. The Hall–Kier alpha value is -1.63. The second kappa shape index (κ2) is 11.0. The first-order chi connectivity index (χ1) is 16.0. The molecule has 7 nitrogen and oxygen atoms in total. The molecule has 7 heteroatoms. The summed E-state index contributed by atoms with van der Waals surface area (Å²) in [7, 11) is 0. The van der Waals surface area contributed by atoms with Crippen molar-refractivity contribution in [3.8, 4) is 0 Å². The van der Waals surface area contributed by atoms with Crippen molar-refractivity contribution < 1.29 is 33.7 Å². The number of hydrogen-bond donors (Lipinski definition) is 1. The van der Waals surface area contributed by atoms with Crippen molar-refractivity contribution in [3.05, 3.63) is 0 Å². The van der Waals surface area contributed by atoms with E-state index < -0.39 is 53.2 Å². The van der Waals surface area contributed by atoms with E-state index in [0.29, 0.717) is 12.8 Å². The zero-order valence-electron chi connectivity index (χ0n) is 21.4. The molecular formula is C27H44O7. The Labute approximate surface area is 204 Å². The lowest BCUT2D eigenvalue weighted by atomic mass is 9.85. The van der Waals surface area contributed by atoms with Crippen LogP contribution in [0.2, 0.25) is 0 Å². The highest BCUT2D eigenvalue weighted by Crippen LogP contribution is 2.36. The Morgan fingerprint density at radius 3 is 1.21 bits per heavy atom. The zero-order chi connectivity index (χ0) is 24.9. The lowest BCUT2D eigenvalue weighted by molar-refractivity contribution is -0.196. The van der Waals surface area contributed by atoms with E-state index in [4.69, 9.17) is 14.2 Å². The fraction of sp³-hybridized carbons (Fsp3) is 0.889. The molecule has 0 aromatic carbocycles. The molecule has 3 aliphatic carbocycles. The van der Waals surface area contributed by atoms with Crippen molar-refractivity contribution in [1.82, 2.24) is 0 Å². The molecule has 0 aromatic heterocycles. The number of esters is 3. The van der Waals surface area contributed by atoms with E-state index in [-0.39, 0.29) is 0 Å². The molecule has 0 amide bonds. The molecular weight excluding hydrogens is 436 g/mol. The molecule has 3 rings (SSSR count). The number of carbonyl (C=O) groups excluding carboxylic acids is 3. The van der Waals surface area contributed by atoms with Gasteiger partial charge >= 0.3 is 17.9 Å². The summed E-state index contributed by atoms with van der Waals surface area (Å²) in [6.07, 6.45) is 12.2. The third-order valence-electron chi connectivity index (χ3n) is 8.05. The van der Waals surface area contributed by atoms with E-state index in [9.17, 15) is 19.5 Å². The number of rotatable bonds is 8. The number of aliphatic hydroxyl groups is 1. The van der Waals surface area contributed by atoms with E-state index in [2.05, 4.69) is 0 Å². The monoisotopic (exact) mass is 480 g/mol. The van der Waals surface area contributed by atoms with E-state index in [1.165, 1.54) is 0 Å². The summed E-state index contributed by atoms with van der Waals surface area (Å²) in [6, 6.07) is 0. The average molecular weight is 481 g/mol. The summed E-state index contributed by atoms with van der Waals surface area (Å²) < 4.78 is 17.2. The van der Waals surface area contributed by atoms with Crippen LogP contribution in [0.5, 0.6) is 0 Å². The summed E-state index contributed by atoms with van der Waals surface area (Å²) >= 11 is 0. The summed E-state index contributed by atoms with van der Waals surface area (Å²) in [5.74, 6) is -2.31. The fourth-order valence-electron chi connectivity index (χ4n) is 5.83. The molecule has 0 atom stereocenters. The van der Waals surface area contributed by atoms with Gasteiger partial charge in [0.05, 0.1) is 12.8 Å². The highest BCUT2D eigenvalue weighted by Gasteiger charge is 2.48. The van der Waals surface area contributed by atoms with Crippen LogP contribution in [0.15, 0.2) is 0 Å². The van der Waals surface area contributed by atoms with E-state index in [1.54, 1.807) is 0 Å². The lowest BCUT2D eigenvalue weighted by Crippen LogP contribution is -2.50. The first kappa shape index (κ1) is 27.0. The number of hydrogen-bond acceptors (Lipinski definition) is 7. The number of ether oxygens (including phenoxy) is 3. The van der Waals surface area contributed by atoms with Crippen LogP contribution in [-0.2, 0) is 28.6 Å². The van der Waals surface area contributed by atoms with Crippen LogP contribution in [-0.4, -0.2) is 45.4 Å². The smallest absolute Gasteiger partial charge is 0.339 e. The standard InChI is InChI=1S/C27H44O7/c1-24(13-7-4-8-14-24)32-21(28)19-27(31,23(30)34-26(3)17-11-6-12-18-26)20-22(29)33-25(2)15-9-5-10-16-25/h31H,4-20H2,1-3H3. The summed E-state index contributed by atoms with van der Waals surface area (Å²) in [4.78, 5) is 39.1. The predicted octanol–water partition coefficient (Wildman–Crippen LogP) is 5.30. The van der Waals surface area contributed by atoms with Crippen molar-refractivity contribution in [1.29, 1.82) is 0 Å².